The van der Waals surface area contributed by atoms with Gasteiger partial charge in [0, 0.05) is 46.9 Å². The van der Waals surface area contributed by atoms with Crippen molar-refractivity contribution >= 4 is 17.9 Å². The molecule has 0 aliphatic carbocycles. The molecule has 0 saturated carbocycles. The molecular weight excluding hydrogens is 514 g/mol. The number of amides is 3. The highest BCUT2D eigenvalue weighted by Gasteiger charge is 2.31. The fourth-order valence-corrected chi connectivity index (χ4v) is 4.37. The van der Waals surface area contributed by atoms with E-state index in [1.54, 1.807) is 43.3 Å². The van der Waals surface area contributed by atoms with Crippen molar-refractivity contribution in [2.75, 3.05) is 54.2 Å². The van der Waals surface area contributed by atoms with Crippen LogP contribution in [0.25, 0.3) is 0 Å². The average molecular weight is 556 g/mol. The summed E-state index contributed by atoms with van der Waals surface area (Å²) in [7, 11) is 4.76. The van der Waals surface area contributed by atoms with E-state index in [2.05, 4.69) is 5.32 Å². The molecule has 3 rings (SSSR count). The lowest BCUT2D eigenvalue weighted by atomic mass is 9.98. The van der Waals surface area contributed by atoms with E-state index in [1.807, 2.05) is 45.0 Å². The van der Waals surface area contributed by atoms with Gasteiger partial charge in [0.15, 0.2) is 0 Å². The maximum atomic E-state index is 13.8. The number of nitrogens with zero attached hydrogens (tertiary/aromatic N) is 2. The third-order valence-corrected chi connectivity index (χ3v) is 6.47. The Morgan fingerprint density at radius 1 is 0.900 bits per heavy atom. The van der Waals surface area contributed by atoms with Crippen LogP contribution in [0, 0.1) is 0 Å². The van der Waals surface area contributed by atoms with Gasteiger partial charge in [0.05, 0.1) is 31.5 Å². The Hall–Kier alpha value is -3.63. The van der Waals surface area contributed by atoms with Gasteiger partial charge in [-0.1, -0.05) is 12.1 Å². The minimum absolute atomic E-state index is 0.268. The smallest absolute Gasteiger partial charge is 0.410 e. The molecule has 0 bridgehead atoms. The van der Waals surface area contributed by atoms with Gasteiger partial charge in [-0.2, -0.15) is 0 Å². The normalized spacial score (nSPS) is 12.6. The number of hydrogen-bond acceptors (Lipinski definition) is 7. The molecule has 10 nitrogen and oxygen atoms in total. The number of methoxy groups -OCH3 is 3. The molecule has 0 radical (unpaired) electrons. The van der Waals surface area contributed by atoms with Crippen LogP contribution in [0.3, 0.4) is 0 Å². The van der Waals surface area contributed by atoms with Crippen LogP contribution in [0.1, 0.15) is 58.2 Å². The first kappa shape index (κ1) is 30.9. The van der Waals surface area contributed by atoms with Crippen LogP contribution >= 0.6 is 0 Å². The second kappa shape index (κ2) is 14.1. The lowest BCUT2D eigenvalue weighted by molar-refractivity contribution is 0.0241. The largest absolute Gasteiger partial charge is 0.497 e. The van der Waals surface area contributed by atoms with Crippen LogP contribution in [0.2, 0.25) is 0 Å². The summed E-state index contributed by atoms with van der Waals surface area (Å²) in [4.78, 5) is 43.1. The van der Waals surface area contributed by atoms with Gasteiger partial charge in [-0.25, -0.2) is 4.79 Å². The summed E-state index contributed by atoms with van der Waals surface area (Å²) in [5, 5.41) is 2.96. The van der Waals surface area contributed by atoms with E-state index in [-0.39, 0.29) is 22.9 Å². The van der Waals surface area contributed by atoms with Crippen LogP contribution in [0.15, 0.2) is 36.4 Å². The molecule has 3 amide bonds. The van der Waals surface area contributed by atoms with E-state index in [9.17, 15) is 14.4 Å². The van der Waals surface area contributed by atoms with Gasteiger partial charge in [-0.15, -0.1) is 0 Å². The van der Waals surface area contributed by atoms with Crippen molar-refractivity contribution in [1.29, 1.82) is 0 Å². The molecule has 0 fully saturated rings. The summed E-state index contributed by atoms with van der Waals surface area (Å²) in [5.74, 6) is 0.114. The summed E-state index contributed by atoms with van der Waals surface area (Å²) >= 11 is 0. The zero-order valence-electron chi connectivity index (χ0n) is 24.4. The molecule has 2 aromatic carbocycles. The predicted octanol–water partition coefficient (Wildman–Crippen LogP) is 3.65. The SMILES string of the molecule is COCCN(CCOC)C(=O)c1cc2c(cc1C(=O)NCCc1ccc(OC)cc1)CN(C(=O)OC(C)(C)C)C2. The minimum atomic E-state index is -0.634. The second-order valence-corrected chi connectivity index (χ2v) is 10.6. The first-order valence-corrected chi connectivity index (χ1v) is 13.4. The van der Waals surface area contributed by atoms with E-state index in [0.717, 1.165) is 22.4 Å². The summed E-state index contributed by atoms with van der Waals surface area (Å²) in [6.45, 7) is 7.79. The summed E-state index contributed by atoms with van der Waals surface area (Å²) in [5.41, 5.74) is 2.57. The quantitative estimate of drug-likeness (QED) is 0.426. The first-order valence-electron chi connectivity index (χ1n) is 13.4. The van der Waals surface area contributed by atoms with E-state index in [4.69, 9.17) is 18.9 Å². The molecule has 1 heterocycles. The molecule has 40 heavy (non-hydrogen) atoms. The summed E-state index contributed by atoms with van der Waals surface area (Å²) in [6, 6.07) is 11.1. The number of carbonyl (C=O) groups is 3. The maximum Gasteiger partial charge on any atom is 0.410 e. The number of rotatable bonds is 12. The summed E-state index contributed by atoms with van der Waals surface area (Å²) < 4.78 is 21.1. The predicted molar refractivity (Wildman–Crippen MR) is 151 cm³/mol. The Bertz CT molecular complexity index is 1170. The fraction of sp³-hybridized carbons (Fsp3) is 0.500. The molecular formula is C30H41N3O7. The monoisotopic (exact) mass is 555 g/mol. The average Bonchev–Trinajstić information content (AvgIpc) is 3.35. The molecule has 0 atom stereocenters. The zero-order valence-corrected chi connectivity index (χ0v) is 24.4. The standard InChI is InChI=1S/C30H41N3O7/c1-30(2,3)40-29(36)33-19-22-17-25(27(34)31-12-11-21-7-9-24(39-6)10-8-21)26(18-23(22)20-33)28(35)32(13-15-37-4)14-16-38-5/h7-10,17-18H,11-16,19-20H2,1-6H3,(H,31,34). The molecule has 10 heteroatoms. The van der Waals surface area contributed by atoms with Crippen LogP contribution in [0.5, 0.6) is 5.75 Å². The van der Waals surface area contributed by atoms with Gasteiger partial charge >= 0.3 is 6.09 Å². The molecule has 0 aromatic heterocycles. The number of carbonyl (C=O) groups excluding carboxylic acids is 3. The van der Waals surface area contributed by atoms with E-state index in [0.29, 0.717) is 52.4 Å². The minimum Gasteiger partial charge on any atom is -0.497 e. The number of benzene rings is 2. The Labute approximate surface area is 236 Å². The Balaban J connectivity index is 1.86. The van der Waals surface area contributed by atoms with Crippen LogP contribution in [-0.2, 0) is 33.7 Å². The second-order valence-electron chi connectivity index (χ2n) is 10.6. The third-order valence-electron chi connectivity index (χ3n) is 6.47. The number of hydrogen-bond donors (Lipinski definition) is 1. The van der Waals surface area contributed by atoms with E-state index < -0.39 is 11.7 Å². The van der Waals surface area contributed by atoms with Gasteiger partial charge in [0.2, 0.25) is 0 Å². The molecule has 2 aromatic rings. The highest BCUT2D eigenvalue weighted by molar-refractivity contribution is 6.07. The van der Waals surface area contributed by atoms with Gasteiger partial charge in [-0.3, -0.25) is 14.5 Å². The van der Waals surface area contributed by atoms with E-state index >= 15 is 0 Å². The number of fused-ring (bicyclic) bond motifs is 1. The van der Waals surface area contributed by atoms with Crippen molar-refractivity contribution in [3.8, 4) is 5.75 Å². The highest BCUT2D eigenvalue weighted by Crippen LogP contribution is 2.29. The molecule has 1 aliphatic rings. The highest BCUT2D eigenvalue weighted by atomic mass is 16.6. The first-order chi connectivity index (χ1) is 19.1. The van der Waals surface area contributed by atoms with Crippen molar-refractivity contribution in [3.63, 3.8) is 0 Å². The Morgan fingerprint density at radius 2 is 1.48 bits per heavy atom. The third kappa shape index (κ3) is 8.43. The lowest BCUT2D eigenvalue weighted by Crippen LogP contribution is -2.38. The van der Waals surface area contributed by atoms with Gasteiger partial charge in [0.1, 0.15) is 11.4 Å². The fourth-order valence-electron chi connectivity index (χ4n) is 4.37. The van der Waals surface area contributed by atoms with Crippen LogP contribution in [0.4, 0.5) is 4.79 Å². The Kier molecular flexibility index (Phi) is 10.9. The van der Waals surface area contributed by atoms with Crippen molar-refractivity contribution in [2.24, 2.45) is 0 Å². The van der Waals surface area contributed by atoms with E-state index in [1.165, 1.54) is 0 Å². The molecule has 1 N–H and O–H groups in total. The molecule has 0 spiro atoms. The van der Waals surface area contributed by atoms with Crippen molar-refractivity contribution in [3.05, 3.63) is 64.2 Å². The molecule has 1 aliphatic heterocycles. The zero-order chi connectivity index (χ0) is 29.3. The number of nitrogens with one attached hydrogen (secondary N) is 1. The number of ether oxygens (including phenoxy) is 4. The van der Waals surface area contributed by atoms with Crippen LogP contribution in [-0.4, -0.2) is 87.5 Å². The van der Waals surface area contributed by atoms with Crippen molar-refractivity contribution in [1.82, 2.24) is 15.1 Å². The van der Waals surface area contributed by atoms with Gasteiger partial charge in [-0.05, 0) is 68.1 Å². The van der Waals surface area contributed by atoms with Gasteiger partial charge < -0.3 is 29.2 Å². The van der Waals surface area contributed by atoms with Crippen molar-refractivity contribution in [2.45, 2.75) is 45.9 Å². The van der Waals surface area contributed by atoms with Crippen molar-refractivity contribution < 1.29 is 33.3 Å². The lowest BCUT2D eigenvalue weighted by Gasteiger charge is -2.24. The molecule has 0 unspecified atom stereocenters. The Morgan fingerprint density at radius 3 is 2.00 bits per heavy atom. The topological polar surface area (TPSA) is 107 Å². The molecule has 218 valence electrons. The maximum absolute atomic E-state index is 13.8. The van der Waals surface area contributed by atoms with Crippen LogP contribution < -0.4 is 10.1 Å². The summed E-state index contributed by atoms with van der Waals surface area (Å²) in [6.07, 6.45) is 0.174. The molecule has 0 saturated heterocycles. The van der Waals surface area contributed by atoms with Gasteiger partial charge in [0.25, 0.3) is 11.8 Å².